The average Bonchev–Trinajstić information content (AvgIpc) is 2.95. The molecule has 1 unspecified atom stereocenters. The van der Waals surface area contributed by atoms with E-state index in [9.17, 15) is 4.79 Å². The number of rotatable bonds is 3. The van der Waals surface area contributed by atoms with E-state index >= 15 is 0 Å². The molecule has 3 heteroatoms. The summed E-state index contributed by atoms with van der Waals surface area (Å²) in [6.07, 6.45) is 3.45. The predicted octanol–water partition coefficient (Wildman–Crippen LogP) is 4.43. The van der Waals surface area contributed by atoms with Gasteiger partial charge in [-0.05, 0) is 67.1 Å². The van der Waals surface area contributed by atoms with Gasteiger partial charge in [-0.15, -0.1) is 0 Å². The molecule has 2 aromatic rings. The van der Waals surface area contributed by atoms with Crippen LogP contribution >= 0.6 is 15.9 Å². The highest BCUT2D eigenvalue weighted by molar-refractivity contribution is 9.10. The van der Waals surface area contributed by atoms with Gasteiger partial charge < -0.3 is 5.32 Å². The monoisotopic (exact) mass is 343 g/mol. The summed E-state index contributed by atoms with van der Waals surface area (Å²) in [5.41, 5.74) is 4.60. The Morgan fingerprint density at radius 1 is 1.10 bits per heavy atom. The first-order valence-electron chi connectivity index (χ1n) is 7.31. The third-order valence-corrected chi connectivity index (χ3v) is 4.61. The molecule has 3 rings (SSSR count). The Balaban J connectivity index is 1.72. The Hall–Kier alpha value is -1.61. The summed E-state index contributed by atoms with van der Waals surface area (Å²) >= 11 is 3.42. The Bertz CT molecular complexity index is 663. The van der Waals surface area contributed by atoms with Crippen LogP contribution in [0.1, 0.15) is 46.4 Å². The van der Waals surface area contributed by atoms with Gasteiger partial charge in [-0.2, -0.15) is 0 Å². The van der Waals surface area contributed by atoms with Crippen LogP contribution in [-0.2, 0) is 12.8 Å². The minimum Gasteiger partial charge on any atom is -0.346 e. The molecule has 1 amide bonds. The second-order valence-corrected chi connectivity index (χ2v) is 6.50. The van der Waals surface area contributed by atoms with Crippen LogP contribution in [0, 0.1) is 0 Å². The molecular formula is C18H18BrNO. The van der Waals surface area contributed by atoms with Gasteiger partial charge in [-0.25, -0.2) is 0 Å². The molecule has 21 heavy (non-hydrogen) atoms. The Kier molecular flexibility index (Phi) is 4.11. The second kappa shape index (κ2) is 6.02. The number of nitrogens with one attached hydrogen (secondary N) is 1. The van der Waals surface area contributed by atoms with Gasteiger partial charge in [0.15, 0.2) is 0 Å². The fourth-order valence-electron chi connectivity index (χ4n) is 2.83. The molecule has 1 aliphatic rings. The molecule has 2 nitrogen and oxygen atoms in total. The topological polar surface area (TPSA) is 29.1 Å². The molecule has 0 saturated heterocycles. The molecule has 0 fully saturated rings. The van der Waals surface area contributed by atoms with Gasteiger partial charge in [-0.3, -0.25) is 4.79 Å². The zero-order valence-electron chi connectivity index (χ0n) is 12.0. The summed E-state index contributed by atoms with van der Waals surface area (Å²) in [5, 5.41) is 3.07. The molecular weight excluding hydrogens is 326 g/mol. The van der Waals surface area contributed by atoms with Gasteiger partial charge in [0.2, 0.25) is 0 Å². The number of hydrogen-bond donors (Lipinski definition) is 1. The molecule has 0 radical (unpaired) electrons. The van der Waals surface area contributed by atoms with Gasteiger partial charge in [0.25, 0.3) is 5.91 Å². The van der Waals surface area contributed by atoms with Crippen LogP contribution in [0.5, 0.6) is 0 Å². The van der Waals surface area contributed by atoms with E-state index in [2.05, 4.69) is 27.3 Å². The summed E-state index contributed by atoms with van der Waals surface area (Å²) in [7, 11) is 0. The van der Waals surface area contributed by atoms with Gasteiger partial charge in [-0.1, -0.05) is 34.1 Å². The summed E-state index contributed by atoms with van der Waals surface area (Å²) in [6, 6.07) is 14.1. The Labute approximate surface area is 133 Å². The number of benzene rings is 2. The highest BCUT2D eigenvalue weighted by Gasteiger charge is 2.15. The minimum absolute atomic E-state index is 0.000110. The molecule has 0 aromatic heterocycles. The van der Waals surface area contributed by atoms with Crippen LogP contribution in [0.2, 0.25) is 0 Å². The van der Waals surface area contributed by atoms with Crippen molar-refractivity contribution < 1.29 is 4.79 Å². The third kappa shape index (κ3) is 3.18. The van der Waals surface area contributed by atoms with Crippen molar-refractivity contribution in [2.45, 2.75) is 32.2 Å². The number of carbonyl (C=O) groups excluding carboxylic acids is 1. The maximum Gasteiger partial charge on any atom is 0.251 e. The van der Waals surface area contributed by atoms with Crippen molar-refractivity contribution in [3.05, 3.63) is 69.2 Å². The second-order valence-electron chi connectivity index (χ2n) is 5.58. The Morgan fingerprint density at radius 3 is 2.57 bits per heavy atom. The molecule has 0 heterocycles. The van der Waals surface area contributed by atoms with E-state index < -0.39 is 0 Å². The lowest BCUT2D eigenvalue weighted by molar-refractivity contribution is 0.0940. The van der Waals surface area contributed by atoms with Crippen molar-refractivity contribution >= 4 is 21.8 Å². The first kappa shape index (κ1) is 14.3. The van der Waals surface area contributed by atoms with Crippen molar-refractivity contribution in [3.8, 4) is 0 Å². The molecule has 1 aliphatic carbocycles. The zero-order valence-corrected chi connectivity index (χ0v) is 13.6. The average molecular weight is 344 g/mol. The molecule has 2 aromatic carbocycles. The van der Waals surface area contributed by atoms with E-state index in [0.717, 1.165) is 28.4 Å². The highest BCUT2D eigenvalue weighted by Crippen LogP contribution is 2.23. The number of carbonyl (C=O) groups is 1. The smallest absolute Gasteiger partial charge is 0.251 e. The van der Waals surface area contributed by atoms with Gasteiger partial charge in [0.05, 0.1) is 6.04 Å². The third-order valence-electron chi connectivity index (χ3n) is 4.08. The number of fused-ring (bicyclic) bond motifs is 1. The van der Waals surface area contributed by atoms with E-state index in [-0.39, 0.29) is 11.9 Å². The van der Waals surface area contributed by atoms with Crippen molar-refractivity contribution in [2.24, 2.45) is 0 Å². The van der Waals surface area contributed by atoms with Crippen LogP contribution in [-0.4, -0.2) is 5.91 Å². The molecule has 0 spiro atoms. The molecule has 108 valence electrons. The molecule has 0 aliphatic heterocycles. The van der Waals surface area contributed by atoms with Crippen LogP contribution in [0.3, 0.4) is 0 Å². The lowest BCUT2D eigenvalue weighted by Crippen LogP contribution is -2.26. The van der Waals surface area contributed by atoms with E-state index in [1.54, 1.807) is 0 Å². The molecule has 1 atom stereocenters. The number of amides is 1. The van der Waals surface area contributed by atoms with Crippen LogP contribution in [0.4, 0.5) is 0 Å². The highest BCUT2D eigenvalue weighted by atomic mass is 79.9. The van der Waals surface area contributed by atoms with Crippen molar-refractivity contribution in [3.63, 3.8) is 0 Å². The van der Waals surface area contributed by atoms with E-state index in [0.29, 0.717) is 0 Å². The maximum atomic E-state index is 12.4. The number of aryl methyl sites for hydroxylation is 2. The predicted molar refractivity (Wildman–Crippen MR) is 88.5 cm³/mol. The van der Waals surface area contributed by atoms with Gasteiger partial charge >= 0.3 is 0 Å². The van der Waals surface area contributed by atoms with E-state index in [1.165, 1.54) is 17.5 Å². The summed E-state index contributed by atoms with van der Waals surface area (Å²) in [5.74, 6) is 0.000110. The van der Waals surface area contributed by atoms with E-state index in [4.69, 9.17) is 0 Å². The van der Waals surface area contributed by atoms with Crippen molar-refractivity contribution in [2.75, 3.05) is 0 Å². The molecule has 0 saturated carbocycles. The van der Waals surface area contributed by atoms with Crippen LogP contribution < -0.4 is 5.32 Å². The normalized spacial score (nSPS) is 14.6. The first-order chi connectivity index (χ1) is 10.1. The van der Waals surface area contributed by atoms with Crippen LogP contribution in [0.15, 0.2) is 46.9 Å². The number of halogens is 1. The minimum atomic E-state index is -0.00106. The summed E-state index contributed by atoms with van der Waals surface area (Å²) < 4.78 is 1.04. The standard InChI is InChI=1S/C18H18BrNO/c1-12(13-7-9-17(19)10-8-13)20-18(21)16-6-5-14-3-2-4-15(14)11-16/h5-12H,2-4H2,1H3,(H,20,21). The number of hydrogen-bond acceptors (Lipinski definition) is 1. The largest absolute Gasteiger partial charge is 0.346 e. The van der Waals surface area contributed by atoms with E-state index in [1.807, 2.05) is 43.3 Å². The lowest BCUT2D eigenvalue weighted by atomic mass is 10.0. The van der Waals surface area contributed by atoms with Crippen molar-refractivity contribution in [1.29, 1.82) is 0 Å². The fraction of sp³-hybridized carbons (Fsp3) is 0.278. The fourth-order valence-corrected chi connectivity index (χ4v) is 3.09. The Morgan fingerprint density at radius 2 is 1.81 bits per heavy atom. The quantitative estimate of drug-likeness (QED) is 0.877. The first-order valence-corrected chi connectivity index (χ1v) is 8.11. The van der Waals surface area contributed by atoms with Crippen LogP contribution in [0.25, 0.3) is 0 Å². The molecule has 0 bridgehead atoms. The van der Waals surface area contributed by atoms with Gasteiger partial charge in [0, 0.05) is 10.0 Å². The summed E-state index contributed by atoms with van der Waals surface area (Å²) in [6.45, 7) is 2.01. The summed E-state index contributed by atoms with van der Waals surface area (Å²) in [4.78, 5) is 12.4. The molecule has 1 N–H and O–H groups in total. The lowest BCUT2D eigenvalue weighted by Gasteiger charge is -2.15. The maximum absolute atomic E-state index is 12.4. The zero-order chi connectivity index (χ0) is 14.8. The SMILES string of the molecule is CC(NC(=O)c1ccc2c(c1)CCC2)c1ccc(Br)cc1. The van der Waals surface area contributed by atoms with Gasteiger partial charge in [0.1, 0.15) is 0 Å². The van der Waals surface area contributed by atoms with Crippen molar-refractivity contribution in [1.82, 2.24) is 5.32 Å².